The Kier molecular flexibility index (Phi) is 3.89. The number of rotatable bonds is 4. The molecule has 0 bridgehead atoms. The lowest BCUT2D eigenvalue weighted by atomic mass is 10.2. The Bertz CT molecular complexity index is 609. The number of benzene rings is 1. The average Bonchev–Trinajstić information content (AvgIpc) is 2.41. The molecule has 19 heavy (non-hydrogen) atoms. The van der Waals surface area contributed by atoms with E-state index >= 15 is 0 Å². The summed E-state index contributed by atoms with van der Waals surface area (Å²) in [6.07, 6.45) is -0.668. The number of ether oxygens (including phenoxy) is 1. The van der Waals surface area contributed by atoms with Crippen LogP contribution in [0.1, 0.15) is 17.6 Å². The standard InChI is InChI=1S/C13H12F2N2O2/c1-19-10-4-2-9(3-5-10)7-17-8-16-6-11(12(14)15)13(17)18/h2-6,8,12H,7H2,1H3. The van der Waals surface area contributed by atoms with Crippen molar-refractivity contribution in [2.24, 2.45) is 0 Å². The van der Waals surface area contributed by atoms with Gasteiger partial charge in [0, 0.05) is 6.20 Å². The smallest absolute Gasteiger partial charge is 0.270 e. The Labute approximate surface area is 108 Å². The minimum absolute atomic E-state index is 0.191. The molecule has 100 valence electrons. The molecule has 0 spiro atoms. The Morgan fingerprint density at radius 3 is 2.58 bits per heavy atom. The molecule has 0 amide bonds. The SMILES string of the molecule is COc1ccc(Cn2cncc(C(F)F)c2=O)cc1. The van der Waals surface area contributed by atoms with Gasteiger partial charge in [0.15, 0.2) is 0 Å². The number of alkyl halides is 2. The van der Waals surface area contributed by atoms with Crippen molar-refractivity contribution in [3.63, 3.8) is 0 Å². The number of hydrogen-bond donors (Lipinski definition) is 0. The van der Waals surface area contributed by atoms with Crippen LogP contribution in [0, 0.1) is 0 Å². The van der Waals surface area contributed by atoms with Crippen molar-refractivity contribution in [3.05, 3.63) is 58.3 Å². The maximum Gasteiger partial charge on any atom is 0.270 e. The molecule has 0 aliphatic heterocycles. The van der Waals surface area contributed by atoms with Crippen LogP contribution in [-0.2, 0) is 6.54 Å². The lowest BCUT2D eigenvalue weighted by Crippen LogP contribution is -2.24. The number of methoxy groups -OCH3 is 1. The minimum atomic E-state index is -2.82. The van der Waals surface area contributed by atoms with Crippen molar-refractivity contribution in [2.75, 3.05) is 7.11 Å². The highest BCUT2D eigenvalue weighted by molar-refractivity contribution is 5.27. The zero-order valence-electron chi connectivity index (χ0n) is 10.2. The van der Waals surface area contributed by atoms with E-state index in [0.717, 1.165) is 16.3 Å². The molecule has 0 radical (unpaired) electrons. The molecule has 0 fully saturated rings. The molecule has 0 saturated heterocycles. The zero-order chi connectivity index (χ0) is 13.8. The van der Waals surface area contributed by atoms with E-state index in [1.165, 1.54) is 6.33 Å². The summed E-state index contributed by atoms with van der Waals surface area (Å²) in [5.74, 6) is 0.690. The number of hydrogen-bond acceptors (Lipinski definition) is 3. The number of halogens is 2. The monoisotopic (exact) mass is 266 g/mol. The molecule has 1 aromatic heterocycles. The normalized spacial score (nSPS) is 10.7. The maximum atomic E-state index is 12.6. The third kappa shape index (κ3) is 2.96. The summed E-state index contributed by atoms with van der Waals surface area (Å²) in [5.41, 5.74) is -0.507. The molecule has 2 rings (SSSR count). The van der Waals surface area contributed by atoms with Crippen LogP contribution < -0.4 is 10.3 Å². The first-order valence-corrected chi connectivity index (χ1v) is 5.57. The third-order valence-electron chi connectivity index (χ3n) is 2.67. The molecule has 4 nitrogen and oxygen atoms in total. The lowest BCUT2D eigenvalue weighted by molar-refractivity contribution is 0.148. The molecule has 0 aliphatic carbocycles. The molecule has 1 aromatic carbocycles. The molecule has 0 atom stereocenters. The van der Waals surface area contributed by atoms with Crippen molar-refractivity contribution in [2.45, 2.75) is 13.0 Å². The van der Waals surface area contributed by atoms with Gasteiger partial charge in [0.25, 0.3) is 12.0 Å². The summed E-state index contributed by atoms with van der Waals surface area (Å²) in [5, 5.41) is 0. The summed E-state index contributed by atoms with van der Waals surface area (Å²) >= 11 is 0. The molecule has 1 heterocycles. The molecule has 6 heteroatoms. The van der Waals surface area contributed by atoms with Gasteiger partial charge in [0.1, 0.15) is 11.3 Å². The molecular weight excluding hydrogens is 254 g/mol. The van der Waals surface area contributed by atoms with Gasteiger partial charge in [-0.2, -0.15) is 0 Å². The predicted molar refractivity (Wildman–Crippen MR) is 65.6 cm³/mol. The first-order chi connectivity index (χ1) is 9.11. The van der Waals surface area contributed by atoms with Crippen molar-refractivity contribution >= 4 is 0 Å². The Hall–Kier alpha value is -2.24. The van der Waals surface area contributed by atoms with Gasteiger partial charge in [0.2, 0.25) is 0 Å². The van der Waals surface area contributed by atoms with Crippen LogP contribution in [0.4, 0.5) is 8.78 Å². The van der Waals surface area contributed by atoms with Crippen LogP contribution in [0.5, 0.6) is 5.75 Å². The second-order valence-corrected chi connectivity index (χ2v) is 3.93. The van der Waals surface area contributed by atoms with Crippen LogP contribution in [0.15, 0.2) is 41.6 Å². The second-order valence-electron chi connectivity index (χ2n) is 3.93. The third-order valence-corrected chi connectivity index (χ3v) is 2.67. The van der Waals surface area contributed by atoms with Crippen LogP contribution in [0.2, 0.25) is 0 Å². The number of nitrogens with zero attached hydrogens (tertiary/aromatic N) is 2. The topological polar surface area (TPSA) is 44.1 Å². The Morgan fingerprint density at radius 2 is 2.00 bits per heavy atom. The lowest BCUT2D eigenvalue weighted by Gasteiger charge is -2.07. The average molecular weight is 266 g/mol. The van der Waals surface area contributed by atoms with Crippen LogP contribution in [0.3, 0.4) is 0 Å². The highest BCUT2D eigenvalue weighted by atomic mass is 19.3. The van der Waals surface area contributed by atoms with Gasteiger partial charge in [-0.15, -0.1) is 0 Å². The van der Waals surface area contributed by atoms with Crippen molar-refractivity contribution < 1.29 is 13.5 Å². The molecule has 0 unspecified atom stereocenters. The summed E-state index contributed by atoms with van der Waals surface area (Å²) < 4.78 is 31.3. The van der Waals surface area contributed by atoms with E-state index in [4.69, 9.17) is 4.74 Å². The van der Waals surface area contributed by atoms with Gasteiger partial charge < -0.3 is 4.74 Å². The van der Waals surface area contributed by atoms with Gasteiger partial charge in [-0.25, -0.2) is 13.8 Å². The fourth-order valence-electron chi connectivity index (χ4n) is 1.66. The van der Waals surface area contributed by atoms with E-state index in [2.05, 4.69) is 4.98 Å². The van der Waals surface area contributed by atoms with E-state index in [9.17, 15) is 13.6 Å². The Morgan fingerprint density at radius 1 is 1.32 bits per heavy atom. The van der Waals surface area contributed by atoms with E-state index in [1.54, 1.807) is 31.4 Å². The number of aromatic nitrogens is 2. The van der Waals surface area contributed by atoms with Gasteiger partial charge >= 0.3 is 0 Å². The fraction of sp³-hybridized carbons (Fsp3) is 0.231. The van der Waals surface area contributed by atoms with E-state index in [-0.39, 0.29) is 6.54 Å². The van der Waals surface area contributed by atoms with Crippen LogP contribution in [0.25, 0.3) is 0 Å². The van der Waals surface area contributed by atoms with Crippen LogP contribution in [-0.4, -0.2) is 16.7 Å². The quantitative estimate of drug-likeness (QED) is 0.852. The van der Waals surface area contributed by atoms with Gasteiger partial charge in [-0.05, 0) is 17.7 Å². The fourth-order valence-corrected chi connectivity index (χ4v) is 1.66. The highest BCUT2D eigenvalue weighted by Gasteiger charge is 2.14. The Balaban J connectivity index is 2.28. The molecule has 0 saturated carbocycles. The summed E-state index contributed by atoms with van der Waals surface area (Å²) in [4.78, 5) is 15.4. The second kappa shape index (κ2) is 5.60. The molecule has 2 aromatic rings. The highest BCUT2D eigenvalue weighted by Crippen LogP contribution is 2.14. The first-order valence-electron chi connectivity index (χ1n) is 5.57. The predicted octanol–water partition coefficient (Wildman–Crippen LogP) is 2.24. The summed E-state index contributed by atoms with van der Waals surface area (Å²) in [6, 6.07) is 7.01. The van der Waals surface area contributed by atoms with Gasteiger partial charge in [-0.3, -0.25) is 9.36 Å². The first kappa shape index (κ1) is 13.2. The van der Waals surface area contributed by atoms with E-state index in [0.29, 0.717) is 5.75 Å². The summed E-state index contributed by atoms with van der Waals surface area (Å²) in [6.45, 7) is 0.191. The maximum absolute atomic E-state index is 12.6. The van der Waals surface area contributed by atoms with Crippen molar-refractivity contribution in [3.8, 4) is 5.75 Å². The van der Waals surface area contributed by atoms with Gasteiger partial charge in [0.05, 0.1) is 20.0 Å². The molecule has 0 N–H and O–H groups in total. The summed E-state index contributed by atoms with van der Waals surface area (Å²) in [7, 11) is 1.55. The molecular formula is C13H12F2N2O2. The van der Waals surface area contributed by atoms with Crippen LogP contribution >= 0.6 is 0 Å². The van der Waals surface area contributed by atoms with Crippen molar-refractivity contribution in [1.29, 1.82) is 0 Å². The minimum Gasteiger partial charge on any atom is -0.497 e. The van der Waals surface area contributed by atoms with Gasteiger partial charge in [-0.1, -0.05) is 12.1 Å². The largest absolute Gasteiger partial charge is 0.497 e. The van der Waals surface area contributed by atoms with E-state index in [1.807, 2.05) is 0 Å². The zero-order valence-corrected chi connectivity index (χ0v) is 10.2. The van der Waals surface area contributed by atoms with E-state index < -0.39 is 17.5 Å². The van der Waals surface area contributed by atoms with Crippen molar-refractivity contribution in [1.82, 2.24) is 9.55 Å². The molecule has 0 aliphatic rings.